The van der Waals surface area contributed by atoms with Crippen LogP contribution in [0, 0.1) is 0 Å². The van der Waals surface area contributed by atoms with Crippen LogP contribution in [0.25, 0.3) is 22.4 Å². The van der Waals surface area contributed by atoms with Crippen LogP contribution in [0.5, 0.6) is 11.5 Å². The van der Waals surface area contributed by atoms with E-state index in [4.69, 9.17) is 20.2 Å². The van der Waals surface area contributed by atoms with Crippen LogP contribution in [0.2, 0.25) is 0 Å². The van der Waals surface area contributed by atoms with E-state index >= 15 is 0 Å². The first kappa shape index (κ1) is 26.3. The minimum Gasteiger partial charge on any atom is -0.493 e. The Morgan fingerprint density at radius 3 is 2.72 bits per heavy atom. The van der Waals surface area contributed by atoms with Crippen molar-refractivity contribution >= 4 is 28.7 Å². The van der Waals surface area contributed by atoms with Gasteiger partial charge in [0.25, 0.3) is 0 Å². The number of hydrogen-bond donors (Lipinski definition) is 2. The van der Waals surface area contributed by atoms with Crippen molar-refractivity contribution in [2.75, 3.05) is 44.5 Å². The molecule has 2 aromatic heterocycles. The molecule has 3 N–H and O–H groups in total. The number of Topliss-reactive ketones (excluding diaryl/α,β-unsaturated/α-hetero) is 1. The highest BCUT2D eigenvalue weighted by Crippen LogP contribution is 2.33. The summed E-state index contributed by atoms with van der Waals surface area (Å²) in [6.07, 6.45) is 4.59. The van der Waals surface area contributed by atoms with Crippen LogP contribution in [-0.4, -0.2) is 65.6 Å². The molecule has 2 aromatic carbocycles. The Morgan fingerprint density at radius 2 is 1.92 bits per heavy atom. The van der Waals surface area contributed by atoms with Gasteiger partial charge >= 0.3 is 0 Å². The zero-order chi connectivity index (χ0) is 27.4. The Kier molecular flexibility index (Phi) is 7.83. The van der Waals surface area contributed by atoms with Gasteiger partial charge in [-0.3, -0.25) is 4.79 Å². The van der Waals surface area contributed by atoms with Gasteiger partial charge in [-0.25, -0.2) is 9.97 Å². The van der Waals surface area contributed by atoms with Gasteiger partial charge in [0.2, 0.25) is 5.95 Å². The van der Waals surface area contributed by atoms with Crippen molar-refractivity contribution in [1.29, 1.82) is 0 Å². The average Bonchev–Trinajstić information content (AvgIpc) is 2.98. The number of methoxy groups -OCH3 is 2. The van der Waals surface area contributed by atoms with Crippen molar-refractivity contribution in [2.45, 2.75) is 32.2 Å². The lowest BCUT2D eigenvalue weighted by Gasteiger charge is -2.36. The smallest absolute Gasteiger partial charge is 0.224 e. The van der Waals surface area contributed by atoms with E-state index < -0.39 is 6.04 Å². The second-order valence-corrected chi connectivity index (χ2v) is 9.44. The van der Waals surface area contributed by atoms with Gasteiger partial charge in [0.15, 0.2) is 34.3 Å². The monoisotopic (exact) mass is 527 g/mol. The molecule has 1 atom stereocenters. The summed E-state index contributed by atoms with van der Waals surface area (Å²) in [6.45, 7) is 3.88. The normalized spacial score (nSPS) is 15.4. The SMILES string of the molecule is CCCCc1ccccc1C(=O)C1CNCCN1c1nc(N)nc2ncc(-c3ccc(OC)c(OC)c3)nc12. The predicted octanol–water partition coefficient (Wildman–Crippen LogP) is 3.69. The molecule has 0 bridgehead atoms. The maximum Gasteiger partial charge on any atom is 0.224 e. The molecule has 1 aliphatic rings. The zero-order valence-electron chi connectivity index (χ0n) is 22.5. The Morgan fingerprint density at radius 1 is 1.10 bits per heavy atom. The van der Waals surface area contributed by atoms with E-state index in [1.165, 1.54) is 0 Å². The molecule has 0 amide bonds. The van der Waals surface area contributed by atoms with E-state index in [1.807, 2.05) is 47.4 Å². The largest absolute Gasteiger partial charge is 0.493 e. The van der Waals surface area contributed by atoms with Crippen LogP contribution in [0.1, 0.15) is 35.7 Å². The second kappa shape index (κ2) is 11.6. The van der Waals surface area contributed by atoms with Crippen molar-refractivity contribution in [1.82, 2.24) is 25.3 Å². The Hall–Kier alpha value is -4.31. The minimum absolute atomic E-state index is 0.0447. The summed E-state index contributed by atoms with van der Waals surface area (Å²) < 4.78 is 10.8. The zero-order valence-corrected chi connectivity index (χ0v) is 22.5. The number of carbonyl (C=O) groups excluding carboxylic acids is 1. The number of anilines is 2. The summed E-state index contributed by atoms with van der Waals surface area (Å²) in [6, 6.07) is 12.9. The molecule has 0 radical (unpaired) electrons. The maximum absolute atomic E-state index is 14.0. The number of aromatic nitrogens is 4. The fourth-order valence-electron chi connectivity index (χ4n) is 4.96. The highest BCUT2D eigenvalue weighted by molar-refractivity contribution is 6.04. The average molecular weight is 528 g/mol. The number of nitrogens with two attached hydrogens (primary N) is 1. The Balaban J connectivity index is 1.58. The van der Waals surface area contributed by atoms with Crippen LogP contribution < -0.4 is 25.4 Å². The van der Waals surface area contributed by atoms with Crippen molar-refractivity contribution in [3.63, 3.8) is 0 Å². The molecule has 4 aromatic rings. The number of ketones is 1. The second-order valence-electron chi connectivity index (χ2n) is 9.44. The molecule has 1 fully saturated rings. The van der Waals surface area contributed by atoms with Gasteiger partial charge in [-0.15, -0.1) is 0 Å². The van der Waals surface area contributed by atoms with Crippen LogP contribution >= 0.6 is 0 Å². The molecule has 10 nitrogen and oxygen atoms in total. The molecule has 202 valence electrons. The van der Waals surface area contributed by atoms with Crippen LogP contribution in [0.3, 0.4) is 0 Å². The topological polar surface area (TPSA) is 128 Å². The Labute approximate surface area is 227 Å². The van der Waals surface area contributed by atoms with Gasteiger partial charge in [0.05, 0.1) is 26.1 Å². The number of benzene rings is 2. The molecule has 0 aliphatic carbocycles. The fraction of sp³-hybridized carbons (Fsp3) is 0.345. The van der Waals surface area contributed by atoms with Gasteiger partial charge in [-0.2, -0.15) is 9.97 Å². The number of carbonyl (C=O) groups is 1. The number of fused-ring (bicyclic) bond motifs is 1. The first-order chi connectivity index (χ1) is 19.0. The molecule has 39 heavy (non-hydrogen) atoms. The third-order valence-corrected chi connectivity index (χ3v) is 6.99. The third-order valence-electron chi connectivity index (χ3n) is 6.99. The number of hydrogen-bond acceptors (Lipinski definition) is 10. The van der Waals surface area contributed by atoms with Gasteiger partial charge < -0.3 is 25.4 Å². The number of ether oxygens (including phenoxy) is 2. The summed E-state index contributed by atoms with van der Waals surface area (Å²) in [5, 5.41) is 3.37. The summed E-state index contributed by atoms with van der Waals surface area (Å²) in [5.41, 5.74) is 10.2. The van der Waals surface area contributed by atoms with Gasteiger partial charge in [-0.1, -0.05) is 37.6 Å². The van der Waals surface area contributed by atoms with Crippen molar-refractivity contribution in [3.8, 4) is 22.8 Å². The molecule has 5 rings (SSSR count). The van der Waals surface area contributed by atoms with Gasteiger partial charge in [0, 0.05) is 30.8 Å². The van der Waals surface area contributed by atoms with E-state index in [2.05, 4.69) is 27.2 Å². The molecular formula is C29H33N7O3. The molecule has 1 saturated heterocycles. The lowest BCUT2D eigenvalue weighted by molar-refractivity contribution is 0.0949. The lowest BCUT2D eigenvalue weighted by atomic mass is 9.94. The van der Waals surface area contributed by atoms with Crippen molar-refractivity contribution < 1.29 is 14.3 Å². The summed E-state index contributed by atoms with van der Waals surface area (Å²) >= 11 is 0. The molecular weight excluding hydrogens is 494 g/mol. The van der Waals surface area contributed by atoms with E-state index in [-0.39, 0.29) is 11.7 Å². The number of nitrogens with one attached hydrogen (secondary N) is 1. The molecule has 0 spiro atoms. The third kappa shape index (κ3) is 5.33. The van der Waals surface area contributed by atoms with E-state index in [9.17, 15) is 4.79 Å². The van der Waals surface area contributed by atoms with Gasteiger partial charge in [0.1, 0.15) is 6.04 Å². The number of nitrogens with zero attached hydrogens (tertiary/aromatic N) is 5. The molecule has 3 heterocycles. The summed E-state index contributed by atoms with van der Waals surface area (Å²) in [4.78, 5) is 34.3. The Bertz CT molecular complexity index is 1490. The van der Waals surface area contributed by atoms with Crippen molar-refractivity contribution in [2.24, 2.45) is 0 Å². The molecule has 0 saturated carbocycles. The number of piperazine rings is 1. The number of aryl methyl sites for hydroxylation is 1. The highest BCUT2D eigenvalue weighted by atomic mass is 16.5. The fourth-order valence-corrected chi connectivity index (χ4v) is 4.96. The molecule has 1 unspecified atom stereocenters. The highest BCUT2D eigenvalue weighted by Gasteiger charge is 2.33. The van der Waals surface area contributed by atoms with Crippen LogP contribution in [0.4, 0.5) is 11.8 Å². The van der Waals surface area contributed by atoms with E-state index in [1.54, 1.807) is 20.4 Å². The first-order valence-corrected chi connectivity index (χ1v) is 13.2. The van der Waals surface area contributed by atoms with Crippen LogP contribution in [-0.2, 0) is 6.42 Å². The van der Waals surface area contributed by atoms with E-state index in [0.29, 0.717) is 53.8 Å². The lowest BCUT2D eigenvalue weighted by Crippen LogP contribution is -2.55. The summed E-state index contributed by atoms with van der Waals surface area (Å²) in [5.74, 6) is 1.83. The van der Waals surface area contributed by atoms with Gasteiger partial charge in [-0.05, 0) is 36.6 Å². The number of unbranched alkanes of at least 4 members (excludes halogenated alkanes) is 1. The number of nitrogen functional groups attached to an aromatic ring is 1. The van der Waals surface area contributed by atoms with Crippen LogP contribution in [0.15, 0.2) is 48.7 Å². The molecule has 10 heteroatoms. The van der Waals surface area contributed by atoms with E-state index in [0.717, 1.165) is 36.0 Å². The minimum atomic E-state index is -0.481. The maximum atomic E-state index is 14.0. The van der Waals surface area contributed by atoms with Crippen molar-refractivity contribution in [3.05, 3.63) is 59.8 Å². The quantitative estimate of drug-likeness (QED) is 0.311. The standard InChI is InChI=1S/C29H33N7O3/c1-4-5-8-18-9-6-7-10-20(18)26(37)22-17-31-13-14-36(22)28-25-27(34-29(30)35-28)32-16-21(33-25)19-11-12-23(38-2)24(15-19)39-3/h6-7,9-12,15-16,22,31H,4-5,8,13-14,17H2,1-3H3,(H2,30,32,34,35). The molecule has 1 aliphatic heterocycles. The first-order valence-electron chi connectivity index (χ1n) is 13.2. The number of rotatable bonds is 9. The summed E-state index contributed by atoms with van der Waals surface area (Å²) in [7, 11) is 3.18. The predicted molar refractivity (Wildman–Crippen MR) is 151 cm³/mol.